The van der Waals surface area contributed by atoms with Gasteiger partial charge in [-0.1, -0.05) is 18.2 Å². The predicted octanol–water partition coefficient (Wildman–Crippen LogP) is 2.09. The molecule has 10 heteroatoms. The highest BCUT2D eigenvalue weighted by Gasteiger charge is 2.45. The molecule has 0 unspecified atom stereocenters. The largest absolute Gasteiger partial charge is 0.384 e. The number of alkyl halides is 2. The zero-order chi connectivity index (χ0) is 17.6. The van der Waals surface area contributed by atoms with Gasteiger partial charge in [0.1, 0.15) is 18.0 Å². The lowest BCUT2D eigenvalue weighted by Crippen LogP contribution is -2.58. The van der Waals surface area contributed by atoms with Gasteiger partial charge in [-0.05, 0) is 25.2 Å². The van der Waals surface area contributed by atoms with Gasteiger partial charge >= 0.3 is 0 Å². The number of halogens is 3. The van der Waals surface area contributed by atoms with Crippen LogP contribution >= 0.6 is 12.2 Å². The first-order chi connectivity index (χ1) is 10.8. The first kappa shape index (κ1) is 19.5. The van der Waals surface area contributed by atoms with Gasteiger partial charge in [0.25, 0.3) is 14.4 Å². The van der Waals surface area contributed by atoms with Gasteiger partial charge in [0, 0.05) is 12.7 Å². The average molecular weight is 345 g/mol. The maximum Gasteiger partial charge on any atom is 0.293 e. The van der Waals surface area contributed by atoms with Crippen LogP contribution in [0.4, 0.5) is 13.2 Å². The van der Waals surface area contributed by atoms with Crippen molar-refractivity contribution in [1.29, 1.82) is 0 Å². The van der Waals surface area contributed by atoms with Crippen molar-refractivity contribution >= 4 is 25.3 Å². The third kappa shape index (κ3) is 4.49. The highest BCUT2D eigenvalue weighted by atomic mass is 32.1. The van der Waals surface area contributed by atoms with Gasteiger partial charge in [-0.2, -0.15) is 0 Å². The summed E-state index contributed by atoms with van der Waals surface area (Å²) in [4.78, 5) is 0. The predicted molar refractivity (Wildman–Crippen MR) is 82.9 cm³/mol. The molecule has 0 amide bonds. The van der Waals surface area contributed by atoms with E-state index in [-0.39, 0.29) is 10.7 Å². The fraction of sp³-hybridized carbons (Fsp3) is 0.462. The van der Waals surface area contributed by atoms with Crippen LogP contribution in [0.2, 0.25) is 0 Å². The van der Waals surface area contributed by atoms with E-state index < -0.39 is 30.0 Å². The zero-order valence-corrected chi connectivity index (χ0v) is 13.2. The highest BCUT2D eigenvalue weighted by Crippen LogP contribution is 2.32. The Kier molecular flexibility index (Phi) is 7.11. The molecule has 3 atom stereocenters. The van der Waals surface area contributed by atoms with E-state index in [4.69, 9.17) is 24.9 Å². The lowest BCUT2D eigenvalue weighted by atomic mass is 9.83. The van der Waals surface area contributed by atoms with Crippen molar-refractivity contribution in [3.8, 4) is 0 Å². The molecule has 1 aromatic carbocycles. The third-order valence-electron chi connectivity index (χ3n) is 3.34. The van der Waals surface area contributed by atoms with E-state index in [2.05, 4.69) is 15.5 Å². The number of aliphatic hydroxyl groups is 1. The highest BCUT2D eigenvalue weighted by molar-refractivity contribution is 7.80. The van der Waals surface area contributed by atoms with Crippen molar-refractivity contribution in [2.24, 2.45) is 10.1 Å². The summed E-state index contributed by atoms with van der Waals surface area (Å²) in [5.74, 6) is -0.696. The summed E-state index contributed by atoms with van der Waals surface area (Å²) in [7, 11) is 6.01. The van der Waals surface area contributed by atoms with Crippen LogP contribution < -0.4 is 5.32 Å². The first-order valence-corrected chi connectivity index (χ1v) is 6.85. The molecule has 0 spiro atoms. The Bertz CT molecular complexity index is 579. The number of benzene rings is 1. The number of methoxy groups -OCH3 is 1. The molecule has 1 rings (SSSR count). The number of ether oxygens (including phenoxy) is 1. The van der Waals surface area contributed by atoms with Gasteiger partial charge in [0.05, 0.1) is 5.54 Å². The number of hydrogen-bond donors (Lipinski definition) is 2. The molecule has 0 saturated carbocycles. The Morgan fingerprint density at radius 3 is 2.52 bits per heavy atom. The summed E-state index contributed by atoms with van der Waals surface area (Å²) in [6, 6.07) is 5.44. The molecule has 0 bridgehead atoms. The first-order valence-electron chi connectivity index (χ1n) is 6.45. The van der Waals surface area contributed by atoms with Crippen LogP contribution in [0.25, 0.3) is 0 Å². The molecule has 0 aromatic heterocycles. The summed E-state index contributed by atoms with van der Waals surface area (Å²) in [5.41, 5.74) is -1.69. The summed E-state index contributed by atoms with van der Waals surface area (Å²) in [6.45, 7) is 1.35. The van der Waals surface area contributed by atoms with Crippen LogP contribution in [0, 0.1) is 5.82 Å². The summed E-state index contributed by atoms with van der Waals surface area (Å²) < 4.78 is 45.1. The standard InChI is InChI=1S/C13H15BF3N3O2S/c1-13(18-12(23)19-20-14,7-5-3-4-6-8(7)15)10(22-2)9(21)11(16)17/h3-6,9-11,21H,1-2H3,(H,18,23)/t9-,10-,13+/m0/s1. The molecule has 1 aromatic rings. The third-order valence-corrected chi connectivity index (χ3v) is 3.52. The fourth-order valence-corrected chi connectivity index (χ4v) is 2.58. The molecule has 0 aliphatic heterocycles. The topological polar surface area (TPSA) is 66.2 Å². The summed E-state index contributed by atoms with van der Waals surface area (Å²) in [5, 5.41) is 18.4. The number of nitrogens with zero attached hydrogens (tertiary/aromatic N) is 2. The van der Waals surface area contributed by atoms with Gasteiger partial charge in [-0.15, -0.1) is 5.11 Å². The number of rotatable bonds is 6. The lowest BCUT2D eigenvalue weighted by molar-refractivity contribution is -0.119. The Morgan fingerprint density at radius 2 is 2.04 bits per heavy atom. The Labute approximate surface area is 138 Å². The maximum absolute atomic E-state index is 14.2. The average Bonchev–Trinajstić information content (AvgIpc) is 2.48. The second-order valence-electron chi connectivity index (χ2n) is 4.81. The molecule has 2 radical (unpaired) electrons. The van der Waals surface area contributed by atoms with Crippen LogP contribution in [-0.2, 0) is 10.3 Å². The number of thiocarbonyl (C=S) groups is 1. The monoisotopic (exact) mass is 345 g/mol. The number of aliphatic hydroxyl groups excluding tert-OH is 1. The fourth-order valence-electron chi connectivity index (χ4n) is 2.32. The van der Waals surface area contributed by atoms with E-state index in [0.717, 1.165) is 13.2 Å². The van der Waals surface area contributed by atoms with E-state index in [9.17, 15) is 18.3 Å². The molecule has 0 aliphatic rings. The molecule has 0 fully saturated rings. The summed E-state index contributed by atoms with van der Waals surface area (Å²) in [6.07, 6.45) is -6.85. The van der Waals surface area contributed by atoms with Crippen LogP contribution in [0.5, 0.6) is 0 Å². The minimum absolute atomic E-state index is 0.0406. The second kappa shape index (κ2) is 8.37. The van der Waals surface area contributed by atoms with Crippen molar-refractivity contribution in [3.05, 3.63) is 35.6 Å². The normalized spacial score (nSPS) is 17.0. The molecule has 23 heavy (non-hydrogen) atoms. The molecule has 0 aliphatic carbocycles. The van der Waals surface area contributed by atoms with E-state index in [1.54, 1.807) is 0 Å². The Balaban J connectivity index is 3.41. The minimum Gasteiger partial charge on any atom is -0.384 e. The molecular formula is C13H15BF3N3O2S. The van der Waals surface area contributed by atoms with Crippen molar-refractivity contribution in [2.45, 2.75) is 31.1 Å². The van der Waals surface area contributed by atoms with Crippen LogP contribution in [0.15, 0.2) is 34.4 Å². The van der Waals surface area contributed by atoms with Gasteiger partial charge in [-0.25, -0.2) is 13.2 Å². The quantitative estimate of drug-likeness (QED) is 0.471. The number of nitrogens with one attached hydrogen (secondary N) is 1. The lowest BCUT2D eigenvalue weighted by Gasteiger charge is -2.40. The van der Waals surface area contributed by atoms with Crippen molar-refractivity contribution < 1.29 is 23.0 Å². The number of hydrogen-bond acceptors (Lipinski definition) is 4. The Hall–Kier alpha value is -1.52. The van der Waals surface area contributed by atoms with E-state index in [1.165, 1.54) is 25.1 Å². The zero-order valence-electron chi connectivity index (χ0n) is 12.4. The van der Waals surface area contributed by atoms with Crippen molar-refractivity contribution in [1.82, 2.24) is 5.32 Å². The van der Waals surface area contributed by atoms with Crippen LogP contribution in [-0.4, -0.2) is 43.9 Å². The smallest absolute Gasteiger partial charge is 0.293 e. The van der Waals surface area contributed by atoms with Gasteiger partial charge in [0.15, 0.2) is 0 Å². The van der Waals surface area contributed by atoms with E-state index in [0.29, 0.717) is 0 Å². The van der Waals surface area contributed by atoms with Crippen molar-refractivity contribution in [2.75, 3.05) is 7.11 Å². The summed E-state index contributed by atoms with van der Waals surface area (Å²) >= 11 is 4.87. The molecule has 0 saturated heterocycles. The molecule has 5 nitrogen and oxygen atoms in total. The maximum atomic E-state index is 14.2. The van der Waals surface area contributed by atoms with Crippen LogP contribution in [0.3, 0.4) is 0 Å². The minimum atomic E-state index is -3.11. The van der Waals surface area contributed by atoms with Gasteiger partial charge in [-0.3, -0.25) is 5.03 Å². The van der Waals surface area contributed by atoms with Gasteiger partial charge < -0.3 is 15.2 Å². The molecule has 0 heterocycles. The molecule has 2 N–H and O–H groups in total. The van der Waals surface area contributed by atoms with Crippen LogP contribution in [0.1, 0.15) is 12.5 Å². The molecular weight excluding hydrogens is 330 g/mol. The SMILES string of the molecule is [B]N=NC(=S)N[C@](C)(c1ccccc1F)[C@@H](OC)[C@H](O)C(F)F. The Morgan fingerprint density at radius 1 is 1.43 bits per heavy atom. The van der Waals surface area contributed by atoms with E-state index >= 15 is 0 Å². The molecule has 124 valence electrons. The second-order valence-corrected chi connectivity index (χ2v) is 5.20. The van der Waals surface area contributed by atoms with Gasteiger partial charge in [0.2, 0.25) is 5.11 Å². The van der Waals surface area contributed by atoms with E-state index in [1.807, 2.05) is 0 Å². The van der Waals surface area contributed by atoms with Crippen molar-refractivity contribution in [3.63, 3.8) is 0 Å².